The molecule has 3 N–H and O–H groups in total. The third-order valence-corrected chi connectivity index (χ3v) is 5.41. The fourth-order valence-electron chi connectivity index (χ4n) is 2.47. The highest BCUT2D eigenvalue weighted by molar-refractivity contribution is 7.14. The van der Waals surface area contributed by atoms with Gasteiger partial charge in [-0.2, -0.15) is 11.3 Å². The number of amides is 3. The quantitative estimate of drug-likeness (QED) is 0.540. The summed E-state index contributed by atoms with van der Waals surface area (Å²) in [6.45, 7) is 4.23. The van der Waals surface area contributed by atoms with Gasteiger partial charge in [0.1, 0.15) is 5.01 Å². The summed E-state index contributed by atoms with van der Waals surface area (Å²) in [6.07, 6.45) is 0.260. The van der Waals surface area contributed by atoms with E-state index in [0.717, 1.165) is 21.8 Å². The normalized spacial score (nSPS) is 10.7. The van der Waals surface area contributed by atoms with Crippen LogP contribution in [0.5, 0.6) is 0 Å². The lowest BCUT2D eigenvalue weighted by molar-refractivity contribution is -0.120. The molecule has 0 aliphatic rings. The van der Waals surface area contributed by atoms with Crippen molar-refractivity contribution >= 4 is 40.3 Å². The number of carbonyl (C=O) groups excluding carboxylic acids is 2. The van der Waals surface area contributed by atoms with Gasteiger partial charge in [-0.1, -0.05) is 12.1 Å². The number of nitrogens with one attached hydrogen (secondary N) is 3. The van der Waals surface area contributed by atoms with Crippen molar-refractivity contribution in [2.24, 2.45) is 0 Å². The number of anilines is 1. The molecule has 0 aliphatic carbocycles. The molecule has 0 radical (unpaired) electrons. The largest absolute Gasteiger partial charge is 0.352 e. The minimum absolute atomic E-state index is 0.0688. The van der Waals surface area contributed by atoms with Crippen LogP contribution in [0, 0.1) is 0 Å². The van der Waals surface area contributed by atoms with Crippen LogP contribution >= 0.6 is 22.7 Å². The van der Waals surface area contributed by atoms with Gasteiger partial charge in [-0.3, -0.25) is 4.79 Å². The van der Waals surface area contributed by atoms with Crippen molar-refractivity contribution in [2.75, 3.05) is 5.32 Å². The second-order valence-electron chi connectivity index (χ2n) is 6.56. The van der Waals surface area contributed by atoms with E-state index in [-0.39, 0.29) is 24.4 Å². The van der Waals surface area contributed by atoms with Crippen LogP contribution in [0.4, 0.5) is 10.5 Å². The van der Waals surface area contributed by atoms with Crippen molar-refractivity contribution in [1.82, 2.24) is 15.6 Å². The molecule has 0 saturated carbocycles. The molecule has 1 aromatic carbocycles. The highest BCUT2D eigenvalue weighted by Gasteiger charge is 2.09. The molecule has 146 valence electrons. The van der Waals surface area contributed by atoms with Gasteiger partial charge in [-0.05, 0) is 43.0 Å². The predicted molar refractivity (Wildman–Crippen MR) is 115 cm³/mol. The SMILES string of the molecule is CC(C)NC(=O)Nc1ccc(CNC(=O)Cc2csc(-c3ccsc3)n2)cc1. The van der Waals surface area contributed by atoms with E-state index in [1.54, 1.807) is 22.7 Å². The molecule has 0 atom stereocenters. The Balaban J connectivity index is 1.46. The molecular formula is C20H22N4O2S2. The number of benzene rings is 1. The van der Waals surface area contributed by atoms with Crippen LogP contribution in [-0.2, 0) is 17.8 Å². The molecule has 0 aliphatic heterocycles. The summed E-state index contributed by atoms with van der Waals surface area (Å²) < 4.78 is 0. The Morgan fingerprint density at radius 1 is 1.11 bits per heavy atom. The molecule has 2 aromatic heterocycles. The Morgan fingerprint density at radius 3 is 2.57 bits per heavy atom. The maximum atomic E-state index is 12.2. The van der Waals surface area contributed by atoms with E-state index in [4.69, 9.17) is 0 Å². The topological polar surface area (TPSA) is 83.1 Å². The average Bonchev–Trinajstić information content (AvgIpc) is 3.32. The first-order valence-electron chi connectivity index (χ1n) is 8.90. The molecule has 8 heteroatoms. The van der Waals surface area contributed by atoms with Gasteiger partial charge in [0.05, 0.1) is 12.1 Å². The maximum Gasteiger partial charge on any atom is 0.319 e. The minimum Gasteiger partial charge on any atom is -0.352 e. The van der Waals surface area contributed by atoms with Gasteiger partial charge in [0.15, 0.2) is 0 Å². The van der Waals surface area contributed by atoms with Crippen LogP contribution in [0.1, 0.15) is 25.1 Å². The molecule has 3 amide bonds. The smallest absolute Gasteiger partial charge is 0.319 e. The van der Waals surface area contributed by atoms with E-state index in [0.29, 0.717) is 12.2 Å². The zero-order valence-electron chi connectivity index (χ0n) is 15.7. The summed E-state index contributed by atoms with van der Waals surface area (Å²) in [7, 11) is 0. The average molecular weight is 415 g/mol. The summed E-state index contributed by atoms with van der Waals surface area (Å²) in [5.74, 6) is -0.0688. The molecule has 2 heterocycles. The molecule has 0 saturated heterocycles. The van der Waals surface area contributed by atoms with Gasteiger partial charge in [-0.25, -0.2) is 9.78 Å². The Morgan fingerprint density at radius 2 is 1.89 bits per heavy atom. The van der Waals surface area contributed by atoms with Gasteiger partial charge in [0.2, 0.25) is 5.91 Å². The second-order valence-corrected chi connectivity index (χ2v) is 8.20. The Kier molecular flexibility index (Phi) is 6.78. The third kappa shape index (κ3) is 5.90. The summed E-state index contributed by atoms with van der Waals surface area (Å²) in [4.78, 5) is 28.4. The van der Waals surface area contributed by atoms with Crippen molar-refractivity contribution in [3.63, 3.8) is 0 Å². The summed E-state index contributed by atoms with van der Waals surface area (Å²) in [5, 5.41) is 15.4. The number of hydrogen-bond donors (Lipinski definition) is 3. The fraction of sp³-hybridized carbons (Fsp3) is 0.250. The Bertz CT molecular complexity index is 918. The Labute approximate surface area is 172 Å². The van der Waals surface area contributed by atoms with Crippen molar-refractivity contribution < 1.29 is 9.59 Å². The summed E-state index contributed by atoms with van der Waals surface area (Å²) in [6, 6.07) is 9.25. The monoisotopic (exact) mass is 414 g/mol. The molecule has 3 rings (SSSR count). The molecule has 3 aromatic rings. The molecule has 6 nitrogen and oxygen atoms in total. The zero-order valence-corrected chi connectivity index (χ0v) is 17.3. The van der Waals surface area contributed by atoms with Crippen molar-refractivity contribution in [3.8, 4) is 10.6 Å². The molecule has 28 heavy (non-hydrogen) atoms. The van der Waals surface area contributed by atoms with Crippen LogP contribution in [0.3, 0.4) is 0 Å². The van der Waals surface area contributed by atoms with E-state index in [1.807, 2.05) is 60.3 Å². The molecular weight excluding hydrogens is 392 g/mol. The van der Waals surface area contributed by atoms with Crippen LogP contribution in [0.2, 0.25) is 0 Å². The van der Waals surface area contributed by atoms with Gasteiger partial charge < -0.3 is 16.0 Å². The fourth-order valence-corrected chi connectivity index (χ4v) is 4.00. The lowest BCUT2D eigenvalue weighted by atomic mass is 10.2. The predicted octanol–water partition coefficient (Wildman–Crippen LogP) is 4.26. The van der Waals surface area contributed by atoms with Gasteiger partial charge in [0, 0.05) is 34.6 Å². The first kappa shape index (κ1) is 20.0. The standard InChI is InChI=1S/C20H22N4O2S2/c1-13(2)22-20(26)24-16-5-3-14(4-6-16)10-21-18(25)9-17-12-28-19(23-17)15-7-8-27-11-15/h3-8,11-13H,9-10H2,1-2H3,(H,21,25)(H2,22,24,26). The second kappa shape index (κ2) is 9.48. The van der Waals surface area contributed by atoms with Gasteiger partial charge in [0.25, 0.3) is 0 Å². The van der Waals surface area contributed by atoms with Crippen molar-refractivity contribution in [1.29, 1.82) is 0 Å². The van der Waals surface area contributed by atoms with Crippen LogP contribution in [-0.4, -0.2) is 23.0 Å². The lowest BCUT2D eigenvalue weighted by Crippen LogP contribution is -2.34. The Hall–Kier alpha value is -2.71. The van der Waals surface area contributed by atoms with Crippen LogP contribution < -0.4 is 16.0 Å². The first-order valence-corrected chi connectivity index (χ1v) is 10.7. The van der Waals surface area contributed by atoms with E-state index in [9.17, 15) is 9.59 Å². The molecule has 0 spiro atoms. The van der Waals surface area contributed by atoms with E-state index < -0.39 is 0 Å². The molecule has 0 bridgehead atoms. The molecule has 0 fully saturated rings. The molecule has 0 unspecified atom stereocenters. The number of nitrogens with zero attached hydrogens (tertiary/aromatic N) is 1. The summed E-state index contributed by atoms with van der Waals surface area (Å²) in [5.41, 5.74) is 3.54. The third-order valence-electron chi connectivity index (χ3n) is 3.78. The van der Waals surface area contributed by atoms with E-state index in [1.165, 1.54) is 0 Å². The lowest BCUT2D eigenvalue weighted by Gasteiger charge is -2.10. The van der Waals surface area contributed by atoms with Crippen molar-refractivity contribution in [3.05, 3.63) is 57.7 Å². The van der Waals surface area contributed by atoms with Gasteiger partial charge >= 0.3 is 6.03 Å². The van der Waals surface area contributed by atoms with Crippen molar-refractivity contribution in [2.45, 2.75) is 32.9 Å². The van der Waals surface area contributed by atoms with Crippen LogP contribution in [0.15, 0.2) is 46.5 Å². The number of rotatable bonds is 7. The minimum atomic E-state index is -0.235. The number of thiophene rings is 1. The highest BCUT2D eigenvalue weighted by Crippen LogP contribution is 2.25. The number of thiazole rings is 1. The van der Waals surface area contributed by atoms with Crippen LogP contribution in [0.25, 0.3) is 10.6 Å². The summed E-state index contributed by atoms with van der Waals surface area (Å²) >= 11 is 3.18. The number of carbonyl (C=O) groups is 2. The first-order chi connectivity index (χ1) is 13.5. The van der Waals surface area contributed by atoms with Gasteiger partial charge in [-0.15, -0.1) is 11.3 Å². The number of urea groups is 1. The maximum absolute atomic E-state index is 12.2. The number of aromatic nitrogens is 1. The van der Waals surface area contributed by atoms with E-state index in [2.05, 4.69) is 20.9 Å². The highest BCUT2D eigenvalue weighted by atomic mass is 32.1. The number of hydrogen-bond acceptors (Lipinski definition) is 5. The zero-order chi connectivity index (χ0) is 19.9. The van der Waals surface area contributed by atoms with E-state index >= 15 is 0 Å².